The van der Waals surface area contributed by atoms with Crippen molar-refractivity contribution in [1.82, 2.24) is 0 Å². The molecule has 0 radical (unpaired) electrons. The molecule has 0 aromatic heterocycles. The molecule has 22 heavy (non-hydrogen) atoms. The summed E-state index contributed by atoms with van der Waals surface area (Å²) in [6.45, 7) is 15.2. The Hall–Kier alpha value is -1.10. The van der Waals surface area contributed by atoms with E-state index in [1.807, 2.05) is 0 Å². The van der Waals surface area contributed by atoms with Gasteiger partial charge in [-0.2, -0.15) is 0 Å². The van der Waals surface area contributed by atoms with Crippen molar-refractivity contribution in [3.8, 4) is 0 Å². The Morgan fingerprint density at radius 3 is 1.95 bits per heavy atom. The molecule has 0 saturated heterocycles. The van der Waals surface area contributed by atoms with Crippen molar-refractivity contribution < 1.29 is 19.1 Å². The first-order chi connectivity index (χ1) is 10.1. The van der Waals surface area contributed by atoms with E-state index >= 15 is 0 Å². The summed E-state index contributed by atoms with van der Waals surface area (Å²) >= 11 is 0. The number of carbonyl (C=O) groups excluding carboxylic acids is 2. The standard InChI is InChI=1S/C17H30O4Si/c1-8-20-16(18)13-10-12(11(3)4)15(22(5,6)7)14(13)17(19)21-9-2/h13-15H,8-10H2,1-7H3. The predicted octanol–water partition coefficient (Wildman–Crippen LogP) is 3.79. The van der Waals surface area contributed by atoms with E-state index in [1.54, 1.807) is 13.8 Å². The maximum absolute atomic E-state index is 12.6. The minimum absolute atomic E-state index is 0.144. The molecule has 1 saturated carbocycles. The van der Waals surface area contributed by atoms with Gasteiger partial charge in [0, 0.05) is 0 Å². The van der Waals surface area contributed by atoms with E-state index in [-0.39, 0.29) is 17.5 Å². The van der Waals surface area contributed by atoms with Gasteiger partial charge in [0.2, 0.25) is 0 Å². The lowest BCUT2D eigenvalue weighted by atomic mass is 9.96. The third-order valence-corrected chi connectivity index (χ3v) is 6.90. The molecule has 0 aliphatic heterocycles. The quantitative estimate of drug-likeness (QED) is 0.438. The van der Waals surface area contributed by atoms with Crippen molar-refractivity contribution in [3.63, 3.8) is 0 Å². The first-order valence-electron chi connectivity index (χ1n) is 8.14. The van der Waals surface area contributed by atoms with Crippen molar-refractivity contribution >= 4 is 20.0 Å². The number of hydrogen-bond donors (Lipinski definition) is 0. The Morgan fingerprint density at radius 2 is 1.55 bits per heavy atom. The zero-order chi connectivity index (χ0) is 17.1. The van der Waals surface area contributed by atoms with Crippen molar-refractivity contribution in [2.75, 3.05) is 13.2 Å². The smallest absolute Gasteiger partial charge is 0.310 e. The lowest BCUT2D eigenvalue weighted by Crippen LogP contribution is -2.39. The maximum Gasteiger partial charge on any atom is 0.310 e. The minimum Gasteiger partial charge on any atom is -0.466 e. The minimum atomic E-state index is -1.68. The third-order valence-electron chi connectivity index (χ3n) is 4.33. The van der Waals surface area contributed by atoms with Crippen LogP contribution in [0.4, 0.5) is 0 Å². The zero-order valence-corrected chi connectivity index (χ0v) is 16.0. The second-order valence-electron chi connectivity index (χ2n) is 7.21. The first-order valence-corrected chi connectivity index (χ1v) is 11.7. The van der Waals surface area contributed by atoms with Gasteiger partial charge in [0.1, 0.15) is 0 Å². The topological polar surface area (TPSA) is 52.6 Å². The van der Waals surface area contributed by atoms with Gasteiger partial charge in [-0.15, -0.1) is 0 Å². The van der Waals surface area contributed by atoms with Gasteiger partial charge in [-0.05, 0) is 39.7 Å². The molecule has 0 spiro atoms. The Morgan fingerprint density at radius 1 is 1.05 bits per heavy atom. The monoisotopic (exact) mass is 326 g/mol. The number of rotatable bonds is 5. The first kappa shape index (κ1) is 18.9. The number of hydrogen-bond acceptors (Lipinski definition) is 4. The second kappa shape index (κ2) is 7.44. The van der Waals surface area contributed by atoms with Crippen LogP contribution < -0.4 is 0 Å². The van der Waals surface area contributed by atoms with E-state index < -0.39 is 19.9 Å². The van der Waals surface area contributed by atoms with Crippen LogP contribution in [0, 0.1) is 11.8 Å². The Bertz CT molecular complexity index is 458. The van der Waals surface area contributed by atoms with Crippen molar-refractivity contribution in [3.05, 3.63) is 11.1 Å². The van der Waals surface area contributed by atoms with E-state index in [2.05, 4.69) is 33.5 Å². The molecule has 126 valence electrons. The molecule has 5 heteroatoms. The van der Waals surface area contributed by atoms with Gasteiger partial charge >= 0.3 is 11.9 Å². The van der Waals surface area contributed by atoms with Crippen LogP contribution in [0.25, 0.3) is 0 Å². The molecule has 1 rings (SSSR count). The average Bonchev–Trinajstić information content (AvgIpc) is 2.79. The molecule has 1 aliphatic rings. The molecule has 0 aromatic rings. The molecule has 3 atom stereocenters. The summed E-state index contributed by atoms with van der Waals surface area (Å²) in [7, 11) is -1.68. The largest absolute Gasteiger partial charge is 0.466 e. The van der Waals surface area contributed by atoms with Gasteiger partial charge in [-0.1, -0.05) is 30.8 Å². The highest BCUT2D eigenvalue weighted by Gasteiger charge is 2.53. The highest BCUT2D eigenvalue weighted by atomic mass is 28.3. The number of carbonyl (C=O) groups is 2. The number of ether oxygens (including phenoxy) is 2. The average molecular weight is 327 g/mol. The highest BCUT2D eigenvalue weighted by Crippen LogP contribution is 2.52. The van der Waals surface area contributed by atoms with Crippen molar-refractivity contribution in [2.24, 2.45) is 11.8 Å². The Kier molecular flexibility index (Phi) is 6.41. The fourth-order valence-electron chi connectivity index (χ4n) is 3.53. The Balaban J connectivity index is 3.31. The van der Waals surface area contributed by atoms with E-state index in [1.165, 1.54) is 11.1 Å². The zero-order valence-electron chi connectivity index (χ0n) is 15.0. The summed E-state index contributed by atoms with van der Waals surface area (Å²) in [5.41, 5.74) is 2.62. The fourth-order valence-corrected chi connectivity index (χ4v) is 6.43. The van der Waals surface area contributed by atoms with Crippen LogP contribution in [-0.4, -0.2) is 33.2 Å². The second-order valence-corrected chi connectivity index (χ2v) is 12.6. The lowest BCUT2D eigenvalue weighted by molar-refractivity contribution is -0.158. The van der Waals surface area contributed by atoms with Crippen molar-refractivity contribution in [2.45, 2.75) is 59.3 Å². The maximum atomic E-state index is 12.6. The van der Waals surface area contributed by atoms with E-state index in [0.717, 1.165) is 0 Å². The number of esters is 2. The van der Waals surface area contributed by atoms with Crippen LogP contribution in [0.1, 0.15) is 34.1 Å². The molecule has 0 aromatic carbocycles. The molecule has 3 unspecified atom stereocenters. The molecular weight excluding hydrogens is 296 g/mol. The van der Waals surface area contributed by atoms with Crippen LogP contribution in [-0.2, 0) is 19.1 Å². The van der Waals surface area contributed by atoms with Crippen LogP contribution in [0.3, 0.4) is 0 Å². The molecule has 1 aliphatic carbocycles. The summed E-state index contributed by atoms with van der Waals surface area (Å²) in [4.78, 5) is 24.9. The lowest BCUT2D eigenvalue weighted by Gasteiger charge is -2.32. The summed E-state index contributed by atoms with van der Waals surface area (Å²) in [5.74, 6) is -1.31. The van der Waals surface area contributed by atoms with Gasteiger partial charge in [0.05, 0.1) is 33.1 Å². The van der Waals surface area contributed by atoms with E-state index in [0.29, 0.717) is 19.6 Å². The summed E-state index contributed by atoms with van der Waals surface area (Å²) < 4.78 is 10.5. The van der Waals surface area contributed by atoms with Crippen molar-refractivity contribution in [1.29, 1.82) is 0 Å². The van der Waals surface area contributed by atoms with Gasteiger partial charge in [0.15, 0.2) is 0 Å². The fraction of sp³-hybridized carbons (Fsp3) is 0.765. The molecule has 1 fully saturated rings. The molecule has 0 heterocycles. The molecule has 0 bridgehead atoms. The van der Waals surface area contributed by atoms with Gasteiger partial charge in [-0.25, -0.2) is 0 Å². The predicted molar refractivity (Wildman–Crippen MR) is 90.3 cm³/mol. The van der Waals surface area contributed by atoms with Gasteiger partial charge in [-0.3, -0.25) is 9.59 Å². The Labute approximate surface area is 135 Å². The summed E-state index contributed by atoms with van der Waals surface area (Å²) in [5, 5.41) is 0. The normalized spacial score (nSPS) is 25.0. The summed E-state index contributed by atoms with van der Waals surface area (Å²) in [6.07, 6.45) is 0.625. The summed E-state index contributed by atoms with van der Waals surface area (Å²) in [6, 6.07) is 0. The van der Waals surface area contributed by atoms with Gasteiger partial charge in [0.25, 0.3) is 0 Å². The van der Waals surface area contributed by atoms with E-state index in [9.17, 15) is 9.59 Å². The van der Waals surface area contributed by atoms with Crippen LogP contribution in [0.15, 0.2) is 11.1 Å². The van der Waals surface area contributed by atoms with Crippen LogP contribution >= 0.6 is 0 Å². The number of allylic oxidation sites excluding steroid dienone is 2. The molecule has 0 amide bonds. The third kappa shape index (κ3) is 4.00. The van der Waals surface area contributed by atoms with Crippen LogP contribution in [0.5, 0.6) is 0 Å². The molecule has 0 N–H and O–H groups in total. The highest BCUT2D eigenvalue weighted by molar-refractivity contribution is 6.78. The van der Waals surface area contributed by atoms with E-state index in [4.69, 9.17) is 9.47 Å². The molecule has 4 nitrogen and oxygen atoms in total. The molecular formula is C17H30O4Si. The van der Waals surface area contributed by atoms with Gasteiger partial charge < -0.3 is 9.47 Å². The van der Waals surface area contributed by atoms with Crippen LogP contribution in [0.2, 0.25) is 25.2 Å². The SMILES string of the molecule is CCOC(=O)C1CC(=C(C)C)C([Si](C)(C)C)C1C(=O)OCC.